The van der Waals surface area contributed by atoms with Crippen LogP contribution in [0, 0.1) is 11.8 Å². The molecule has 0 aliphatic carbocycles. The molecule has 5 heteroatoms. The van der Waals surface area contributed by atoms with Crippen molar-refractivity contribution < 1.29 is 24.2 Å². The van der Waals surface area contributed by atoms with Gasteiger partial charge in [-0.05, 0) is 25.8 Å². The Kier molecular flexibility index (Phi) is 8.05. The van der Waals surface area contributed by atoms with Crippen molar-refractivity contribution in [2.45, 2.75) is 26.4 Å². The van der Waals surface area contributed by atoms with E-state index in [0.717, 1.165) is 0 Å². The topological polar surface area (TPSA) is 72.8 Å². The largest absolute Gasteiger partial charge is 0.465 e. The van der Waals surface area contributed by atoms with Crippen LogP contribution >= 0.6 is 0 Å². The number of aliphatic hydroxyl groups is 1. The van der Waals surface area contributed by atoms with E-state index in [4.69, 9.17) is 9.47 Å². The maximum absolute atomic E-state index is 12.0. The van der Waals surface area contributed by atoms with Crippen molar-refractivity contribution in [3.05, 3.63) is 48.6 Å². The molecule has 0 amide bonds. The minimum Gasteiger partial charge on any atom is -0.465 e. The van der Waals surface area contributed by atoms with E-state index in [1.165, 1.54) is 0 Å². The van der Waals surface area contributed by atoms with E-state index in [-0.39, 0.29) is 19.6 Å². The molecule has 0 spiro atoms. The zero-order valence-electron chi connectivity index (χ0n) is 13.6. The Morgan fingerprint density at radius 2 is 1.65 bits per heavy atom. The van der Waals surface area contributed by atoms with Gasteiger partial charge in [0.15, 0.2) is 5.92 Å². The molecule has 0 radical (unpaired) electrons. The highest BCUT2D eigenvalue weighted by molar-refractivity contribution is 5.94. The van der Waals surface area contributed by atoms with Gasteiger partial charge in [-0.1, -0.05) is 36.4 Å². The van der Waals surface area contributed by atoms with Gasteiger partial charge in [-0.2, -0.15) is 0 Å². The van der Waals surface area contributed by atoms with E-state index < -0.39 is 29.9 Å². The van der Waals surface area contributed by atoms with Gasteiger partial charge in [0.1, 0.15) is 0 Å². The van der Waals surface area contributed by atoms with Crippen molar-refractivity contribution in [1.82, 2.24) is 0 Å². The quantitative estimate of drug-likeness (QED) is 0.430. The van der Waals surface area contributed by atoms with E-state index in [9.17, 15) is 14.7 Å². The van der Waals surface area contributed by atoms with Crippen LogP contribution in [0.3, 0.4) is 0 Å². The fourth-order valence-corrected chi connectivity index (χ4v) is 2.30. The van der Waals surface area contributed by atoms with Crippen molar-refractivity contribution in [3.63, 3.8) is 0 Å². The highest BCUT2D eigenvalue weighted by Gasteiger charge is 2.34. The number of carbonyl (C=O) groups excluding carboxylic acids is 2. The Bertz CT molecular complexity index is 493. The molecule has 0 fully saturated rings. The molecule has 1 aromatic carbocycles. The Hall–Kier alpha value is -2.14. The number of aliphatic hydroxyl groups excluding tert-OH is 1. The van der Waals surface area contributed by atoms with Gasteiger partial charge in [0.2, 0.25) is 0 Å². The third-order valence-electron chi connectivity index (χ3n) is 3.50. The lowest BCUT2D eigenvalue weighted by Gasteiger charge is -2.23. The average molecular weight is 320 g/mol. The van der Waals surface area contributed by atoms with Crippen LogP contribution in [-0.2, 0) is 19.1 Å². The molecule has 5 nitrogen and oxygen atoms in total. The minimum atomic E-state index is -1.07. The summed E-state index contributed by atoms with van der Waals surface area (Å²) < 4.78 is 9.89. The number of rotatable bonds is 9. The SMILES string of the molecule is C=C[C@H](CC(C(=O)OCC)C(=O)OCC)[C@H](O)c1ccccc1. The second-order valence-corrected chi connectivity index (χ2v) is 5.05. The monoisotopic (exact) mass is 320 g/mol. The summed E-state index contributed by atoms with van der Waals surface area (Å²) in [6, 6.07) is 9.04. The number of esters is 2. The molecule has 23 heavy (non-hydrogen) atoms. The second kappa shape index (κ2) is 9.79. The lowest BCUT2D eigenvalue weighted by molar-refractivity contribution is -0.162. The van der Waals surface area contributed by atoms with Crippen molar-refractivity contribution in [3.8, 4) is 0 Å². The number of benzene rings is 1. The minimum absolute atomic E-state index is 0.0806. The molecule has 0 aliphatic heterocycles. The molecule has 126 valence electrons. The first-order valence-corrected chi connectivity index (χ1v) is 7.73. The predicted molar refractivity (Wildman–Crippen MR) is 86.5 cm³/mol. The van der Waals surface area contributed by atoms with E-state index in [0.29, 0.717) is 5.56 Å². The van der Waals surface area contributed by atoms with Gasteiger partial charge >= 0.3 is 11.9 Å². The zero-order chi connectivity index (χ0) is 17.2. The fourth-order valence-electron chi connectivity index (χ4n) is 2.30. The highest BCUT2D eigenvalue weighted by atomic mass is 16.6. The van der Waals surface area contributed by atoms with Gasteiger partial charge in [-0.15, -0.1) is 6.58 Å². The highest BCUT2D eigenvalue weighted by Crippen LogP contribution is 2.29. The first-order chi connectivity index (χ1) is 11.0. The molecule has 0 aliphatic rings. The smallest absolute Gasteiger partial charge is 0.320 e. The Labute approximate surface area is 136 Å². The maximum Gasteiger partial charge on any atom is 0.320 e. The summed E-state index contributed by atoms with van der Waals surface area (Å²) in [6.07, 6.45) is 0.764. The van der Waals surface area contributed by atoms with E-state index in [2.05, 4.69) is 6.58 Å². The van der Waals surface area contributed by atoms with Crippen molar-refractivity contribution in [1.29, 1.82) is 0 Å². The summed E-state index contributed by atoms with van der Waals surface area (Å²) >= 11 is 0. The van der Waals surface area contributed by atoms with Gasteiger partial charge in [0.25, 0.3) is 0 Å². The molecule has 0 unspecified atom stereocenters. The fraction of sp³-hybridized carbons (Fsp3) is 0.444. The van der Waals surface area contributed by atoms with Crippen LogP contribution in [0.2, 0.25) is 0 Å². The summed E-state index contributed by atoms with van der Waals surface area (Å²) in [5.74, 6) is -2.83. The van der Waals surface area contributed by atoms with E-state index >= 15 is 0 Å². The summed E-state index contributed by atoms with van der Waals surface area (Å²) in [7, 11) is 0. The van der Waals surface area contributed by atoms with Crippen LogP contribution in [0.25, 0.3) is 0 Å². The van der Waals surface area contributed by atoms with Crippen LogP contribution in [0.5, 0.6) is 0 Å². The third kappa shape index (κ3) is 5.53. The molecule has 0 bridgehead atoms. The predicted octanol–water partition coefficient (Wildman–Crippen LogP) is 2.65. The molecule has 0 heterocycles. The Morgan fingerprint density at radius 3 is 2.09 bits per heavy atom. The van der Waals surface area contributed by atoms with E-state index in [1.807, 2.05) is 18.2 Å². The van der Waals surface area contributed by atoms with E-state index in [1.54, 1.807) is 32.1 Å². The Balaban J connectivity index is 2.91. The summed E-state index contributed by atoms with van der Waals surface area (Å²) in [4.78, 5) is 24.1. The van der Waals surface area contributed by atoms with Crippen LogP contribution < -0.4 is 0 Å². The van der Waals surface area contributed by atoms with Gasteiger partial charge in [0.05, 0.1) is 19.3 Å². The van der Waals surface area contributed by atoms with Gasteiger partial charge in [-0.3, -0.25) is 9.59 Å². The lowest BCUT2D eigenvalue weighted by Crippen LogP contribution is -2.31. The molecule has 2 atom stereocenters. The lowest BCUT2D eigenvalue weighted by atomic mass is 9.87. The number of hydrogen-bond acceptors (Lipinski definition) is 5. The zero-order valence-corrected chi connectivity index (χ0v) is 13.6. The normalized spacial score (nSPS) is 13.2. The standard InChI is InChI=1S/C18H24O5/c1-4-13(16(19)14-10-8-7-9-11-14)12-15(17(20)22-5-2)18(21)23-6-3/h4,7-11,13,15-16,19H,1,5-6,12H2,2-3H3/t13-,16+/m1/s1. The molecular weight excluding hydrogens is 296 g/mol. The van der Waals surface area contributed by atoms with Crippen molar-refractivity contribution in [2.24, 2.45) is 11.8 Å². The first-order valence-electron chi connectivity index (χ1n) is 7.73. The average Bonchev–Trinajstić information content (AvgIpc) is 2.56. The second-order valence-electron chi connectivity index (χ2n) is 5.05. The van der Waals surface area contributed by atoms with Crippen LogP contribution in [0.15, 0.2) is 43.0 Å². The molecule has 1 aromatic rings. The van der Waals surface area contributed by atoms with Gasteiger partial charge in [-0.25, -0.2) is 0 Å². The molecular formula is C18H24O5. The number of carbonyl (C=O) groups is 2. The first kappa shape index (κ1) is 18.9. The summed E-state index contributed by atoms with van der Waals surface area (Å²) in [5, 5.41) is 10.5. The van der Waals surface area contributed by atoms with Gasteiger partial charge < -0.3 is 14.6 Å². The molecule has 0 saturated heterocycles. The molecule has 0 aromatic heterocycles. The van der Waals surface area contributed by atoms with Crippen molar-refractivity contribution >= 4 is 11.9 Å². The molecule has 0 saturated carbocycles. The summed E-state index contributed by atoms with van der Waals surface area (Å²) in [5.41, 5.74) is 0.698. The maximum atomic E-state index is 12.0. The third-order valence-corrected chi connectivity index (χ3v) is 3.50. The van der Waals surface area contributed by atoms with Crippen LogP contribution in [0.4, 0.5) is 0 Å². The number of ether oxygens (including phenoxy) is 2. The molecule has 1 N–H and O–H groups in total. The summed E-state index contributed by atoms with van der Waals surface area (Å²) in [6.45, 7) is 7.40. The van der Waals surface area contributed by atoms with Gasteiger partial charge in [0, 0.05) is 5.92 Å². The van der Waals surface area contributed by atoms with Crippen molar-refractivity contribution in [2.75, 3.05) is 13.2 Å². The van der Waals surface area contributed by atoms with Crippen LogP contribution in [0.1, 0.15) is 31.9 Å². The molecule has 1 rings (SSSR count). The Morgan fingerprint density at radius 1 is 1.13 bits per heavy atom. The van der Waals surface area contributed by atoms with Crippen LogP contribution in [-0.4, -0.2) is 30.3 Å². The number of hydrogen-bond donors (Lipinski definition) is 1.